The number of ether oxygens (including phenoxy) is 1. The molecule has 0 heterocycles. The molecule has 0 amide bonds. The fourth-order valence-electron chi connectivity index (χ4n) is 1.56. The van der Waals surface area contributed by atoms with Crippen LogP contribution in [-0.4, -0.2) is 12.6 Å². The third-order valence-corrected chi connectivity index (χ3v) is 2.34. The lowest BCUT2D eigenvalue weighted by molar-refractivity contribution is -0.0665. The van der Waals surface area contributed by atoms with Crippen LogP contribution in [0, 0.1) is 5.82 Å². The van der Waals surface area contributed by atoms with E-state index in [9.17, 15) is 4.39 Å². The molecular formula is C12H18FNO. The zero-order valence-corrected chi connectivity index (χ0v) is 9.46. The Bertz CT molecular complexity index is 310. The van der Waals surface area contributed by atoms with Crippen LogP contribution in [-0.2, 0) is 10.3 Å². The van der Waals surface area contributed by atoms with Crippen LogP contribution in [0.2, 0.25) is 0 Å². The van der Waals surface area contributed by atoms with Gasteiger partial charge in [-0.15, -0.1) is 0 Å². The van der Waals surface area contributed by atoms with Crippen molar-refractivity contribution >= 4 is 0 Å². The van der Waals surface area contributed by atoms with E-state index in [1.807, 2.05) is 20.8 Å². The first-order chi connectivity index (χ1) is 6.98. The number of hydrogen-bond acceptors (Lipinski definition) is 2. The molecule has 0 fully saturated rings. The van der Waals surface area contributed by atoms with Crippen LogP contribution in [0.1, 0.15) is 26.3 Å². The minimum absolute atomic E-state index is 0.0867. The largest absolute Gasteiger partial charge is 0.367 e. The van der Waals surface area contributed by atoms with Gasteiger partial charge in [-0.3, -0.25) is 0 Å². The summed E-state index contributed by atoms with van der Waals surface area (Å²) in [6.45, 7) is 6.20. The van der Waals surface area contributed by atoms with Crippen molar-refractivity contribution in [1.82, 2.24) is 0 Å². The monoisotopic (exact) mass is 211 g/mol. The van der Waals surface area contributed by atoms with Crippen molar-refractivity contribution in [3.63, 3.8) is 0 Å². The summed E-state index contributed by atoms with van der Waals surface area (Å²) in [5.74, 6) is -0.248. The van der Waals surface area contributed by atoms with Crippen LogP contribution in [0.5, 0.6) is 0 Å². The van der Waals surface area contributed by atoms with Gasteiger partial charge in [-0.2, -0.15) is 0 Å². The van der Waals surface area contributed by atoms with E-state index in [1.54, 1.807) is 12.1 Å². The molecule has 0 aliphatic heterocycles. The maximum absolute atomic E-state index is 12.8. The highest BCUT2D eigenvalue weighted by atomic mass is 19.1. The molecule has 0 aliphatic carbocycles. The molecule has 0 saturated carbocycles. The smallest absolute Gasteiger partial charge is 0.123 e. The van der Waals surface area contributed by atoms with Gasteiger partial charge in [0, 0.05) is 6.54 Å². The van der Waals surface area contributed by atoms with Gasteiger partial charge in [0.1, 0.15) is 11.4 Å². The van der Waals surface area contributed by atoms with Crippen LogP contribution in [0.3, 0.4) is 0 Å². The third kappa shape index (κ3) is 3.01. The second kappa shape index (κ2) is 4.73. The van der Waals surface area contributed by atoms with Crippen molar-refractivity contribution in [2.24, 2.45) is 5.73 Å². The van der Waals surface area contributed by atoms with Gasteiger partial charge in [-0.25, -0.2) is 4.39 Å². The van der Waals surface area contributed by atoms with Gasteiger partial charge in [0.25, 0.3) is 0 Å². The van der Waals surface area contributed by atoms with Crippen LogP contribution >= 0.6 is 0 Å². The molecule has 1 rings (SSSR count). The molecule has 84 valence electrons. The topological polar surface area (TPSA) is 35.2 Å². The fourth-order valence-corrected chi connectivity index (χ4v) is 1.56. The first-order valence-electron chi connectivity index (χ1n) is 5.12. The second-order valence-corrected chi connectivity index (χ2v) is 4.11. The van der Waals surface area contributed by atoms with Gasteiger partial charge in [0.2, 0.25) is 0 Å². The average molecular weight is 211 g/mol. The number of benzene rings is 1. The quantitative estimate of drug-likeness (QED) is 0.830. The molecule has 0 bridgehead atoms. The summed E-state index contributed by atoms with van der Waals surface area (Å²) in [5.41, 5.74) is 6.07. The summed E-state index contributed by atoms with van der Waals surface area (Å²) in [5, 5.41) is 0. The van der Waals surface area contributed by atoms with Gasteiger partial charge in [-0.1, -0.05) is 12.1 Å². The van der Waals surface area contributed by atoms with Gasteiger partial charge >= 0.3 is 0 Å². The van der Waals surface area contributed by atoms with Crippen LogP contribution in [0.25, 0.3) is 0 Å². The molecule has 3 heteroatoms. The first kappa shape index (κ1) is 12.1. The Hall–Kier alpha value is -0.930. The van der Waals surface area contributed by atoms with Crippen molar-refractivity contribution in [3.05, 3.63) is 35.6 Å². The highest BCUT2D eigenvalue weighted by Crippen LogP contribution is 2.25. The van der Waals surface area contributed by atoms with E-state index in [4.69, 9.17) is 10.5 Å². The van der Waals surface area contributed by atoms with Crippen LogP contribution < -0.4 is 5.73 Å². The van der Waals surface area contributed by atoms with Crippen molar-refractivity contribution in [2.75, 3.05) is 6.54 Å². The summed E-state index contributed by atoms with van der Waals surface area (Å²) >= 11 is 0. The highest BCUT2D eigenvalue weighted by molar-refractivity contribution is 5.23. The zero-order valence-electron chi connectivity index (χ0n) is 9.46. The molecule has 1 unspecified atom stereocenters. The summed E-state index contributed by atoms with van der Waals surface area (Å²) in [4.78, 5) is 0. The van der Waals surface area contributed by atoms with Crippen molar-refractivity contribution in [1.29, 1.82) is 0 Å². The first-order valence-corrected chi connectivity index (χ1v) is 5.12. The zero-order chi connectivity index (χ0) is 11.5. The van der Waals surface area contributed by atoms with E-state index in [-0.39, 0.29) is 11.9 Å². The minimum Gasteiger partial charge on any atom is -0.367 e. The Morgan fingerprint density at radius 2 is 1.87 bits per heavy atom. The van der Waals surface area contributed by atoms with E-state index in [0.717, 1.165) is 5.56 Å². The van der Waals surface area contributed by atoms with E-state index >= 15 is 0 Å². The normalized spacial score (nSPS) is 15.3. The van der Waals surface area contributed by atoms with Gasteiger partial charge in [-0.05, 0) is 38.5 Å². The minimum atomic E-state index is -0.540. The second-order valence-electron chi connectivity index (χ2n) is 4.11. The number of hydrogen-bond donors (Lipinski definition) is 1. The molecule has 0 aliphatic rings. The average Bonchev–Trinajstić information content (AvgIpc) is 2.17. The van der Waals surface area contributed by atoms with Crippen molar-refractivity contribution in [2.45, 2.75) is 32.5 Å². The van der Waals surface area contributed by atoms with E-state index in [2.05, 4.69) is 0 Å². The Morgan fingerprint density at radius 3 is 2.27 bits per heavy atom. The molecule has 1 aromatic carbocycles. The maximum Gasteiger partial charge on any atom is 0.123 e. The fraction of sp³-hybridized carbons (Fsp3) is 0.500. The Kier molecular flexibility index (Phi) is 3.83. The number of nitrogens with two attached hydrogens (primary N) is 1. The lowest BCUT2D eigenvalue weighted by Gasteiger charge is -2.31. The molecular weight excluding hydrogens is 193 g/mol. The highest BCUT2D eigenvalue weighted by Gasteiger charge is 2.26. The van der Waals surface area contributed by atoms with Gasteiger partial charge < -0.3 is 10.5 Å². The molecule has 0 saturated heterocycles. The van der Waals surface area contributed by atoms with E-state index in [1.165, 1.54) is 12.1 Å². The van der Waals surface area contributed by atoms with Crippen LogP contribution in [0.15, 0.2) is 24.3 Å². The third-order valence-electron chi connectivity index (χ3n) is 2.34. The van der Waals surface area contributed by atoms with E-state index < -0.39 is 5.60 Å². The SMILES string of the molecule is CC(C)OC(C)(CN)c1ccc(F)cc1. The molecule has 1 aromatic rings. The molecule has 1 atom stereocenters. The summed E-state index contributed by atoms with van der Waals surface area (Å²) < 4.78 is 18.5. The molecule has 2 N–H and O–H groups in total. The number of rotatable bonds is 4. The summed E-state index contributed by atoms with van der Waals surface area (Å²) in [6.07, 6.45) is 0.0867. The molecule has 0 spiro atoms. The maximum atomic E-state index is 12.8. The Labute approximate surface area is 90.2 Å². The predicted octanol–water partition coefficient (Wildman–Crippen LogP) is 2.42. The van der Waals surface area contributed by atoms with Gasteiger partial charge in [0.15, 0.2) is 0 Å². The number of halogens is 1. The predicted molar refractivity (Wildman–Crippen MR) is 59.0 cm³/mol. The van der Waals surface area contributed by atoms with Gasteiger partial charge in [0.05, 0.1) is 6.10 Å². The summed E-state index contributed by atoms with van der Waals surface area (Å²) in [6, 6.07) is 6.27. The Balaban J connectivity index is 2.95. The lowest BCUT2D eigenvalue weighted by atomic mass is 9.95. The Morgan fingerprint density at radius 1 is 1.33 bits per heavy atom. The molecule has 2 nitrogen and oxygen atoms in total. The van der Waals surface area contributed by atoms with Crippen LogP contribution in [0.4, 0.5) is 4.39 Å². The molecule has 0 radical (unpaired) electrons. The van der Waals surface area contributed by atoms with Crippen molar-refractivity contribution in [3.8, 4) is 0 Å². The van der Waals surface area contributed by atoms with E-state index in [0.29, 0.717) is 6.54 Å². The summed E-state index contributed by atoms with van der Waals surface area (Å²) in [7, 11) is 0. The molecule has 0 aromatic heterocycles. The lowest BCUT2D eigenvalue weighted by Crippen LogP contribution is -2.37. The van der Waals surface area contributed by atoms with Crippen molar-refractivity contribution < 1.29 is 9.13 Å². The molecule has 15 heavy (non-hydrogen) atoms. The standard InChI is InChI=1S/C12H18FNO/c1-9(2)15-12(3,8-14)10-4-6-11(13)7-5-10/h4-7,9H,8,14H2,1-3H3.